The van der Waals surface area contributed by atoms with E-state index in [1.807, 2.05) is 12.1 Å². The SMILES string of the molecule is Cn1ccc(C(=O)N2C[C@H]3C[C@@H](Oc4cccc(Cl)c4)[C@H](O)C[C@H]3C2)cc1=O. The Morgan fingerprint density at radius 1 is 1.18 bits per heavy atom. The average molecular weight is 403 g/mol. The first-order chi connectivity index (χ1) is 13.4. The van der Waals surface area contributed by atoms with E-state index in [0.29, 0.717) is 42.3 Å². The molecule has 28 heavy (non-hydrogen) atoms. The number of benzene rings is 1. The van der Waals surface area contributed by atoms with Crippen LogP contribution < -0.4 is 10.3 Å². The number of amides is 1. The molecule has 2 heterocycles. The molecule has 1 saturated carbocycles. The highest BCUT2D eigenvalue weighted by Gasteiger charge is 2.44. The lowest BCUT2D eigenvalue weighted by molar-refractivity contribution is -0.0231. The minimum Gasteiger partial charge on any atom is -0.488 e. The van der Waals surface area contributed by atoms with Gasteiger partial charge in [-0.3, -0.25) is 9.59 Å². The largest absolute Gasteiger partial charge is 0.488 e. The fraction of sp³-hybridized carbons (Fsp3) is 0.429. The molecule has 1 saturated heterocycles. The number of rotatable bonds is 3. The number of likely N-dealkylation sites (tertiary alicyclic amines) is 1. The lowest BCUT2D eigenvalue weighted by Crippen LogP contribution is -2.42. The van der Waals surface area contributed by atoms with Gasteiger partial charge in [0.2, 0.25) is 0 Å². The van der Waals surface area contributed by atoms with Crippen molar-refractivity contribution in [1.29, 1.82) is 0 Å². The lowest BCUT2D eigenvalue weighted by atomic mass is 9.78. The number of carbonyl (C=O) groups is 1. The minimum absolute atomic E-state index is 0.131. The fourth-order valence-corrected chi connectivity index (χ4v) is 4.44. The second-order valence-electron chi connectivity index (χ2n) is 7.75. The zero-order valence-corrected chi connectivity index (χ0v) is 16.4. The van der Waals surface area contributed by atoms with Gasteiger partial charge in [0, 0.05) is 43.0 Å². The molecule has 1 aromatic heterocycles. The monoisotopic (exact) mass is 402 g/mol. The number of halogens is 1. The third-order valence-corrected chi connectivity index (χ3v) is 6.04. The molecule has 0 unspecified atom stereocenters. The standard InChI is InChI=1S/C21H23ClN2O4/c1-23-6-5-13(9-20(23)26)21(27)24-11-14-7-18(25)19(8-15(14)12-24)28-17-4-2-3-16(22)10-17/h2-6,9-10,14-15,18-19,25H,7-8,11-12H2,1H3/t14-,15+,18+,19+/m0/s1. The van der Waals surface area contributed by atoms with Gasteiger partial charge >= 0.3 is 0 Å². The van der Waals surface area contributed by atoms with E-state index in [-0.39, 0.29) is 29.4 Å². The molecule has 0 bridgehead atoms. The van der Waals surface area contributed by atoms with Gasteiger partial charge in [-0.15, -0.1) is 0 Å². The van der Waals surface area contributed by atoms with Gasteiger partial charge in [-0.05, 0) is 48.9 Å². The van der Waals surface area contributed by atoms with Crippen molar-refractivity contribution in [3.8, 4) is 5.75 Å². The number of nitrogens with zero attached hydrogens (tertiary/aromatic N) is 2. The first kappa shape index (κ1) is 19.0. The minimum atomic E-state index is -0.584. The number of pyridine rings is 1. The number of carbonyl (C=O) groups excluding carboxylic acids is 1. The molecule has 2 aromatic rings. The Kier molecular flexibility index (Phi) is 5.17. The van der Waals surface area contributed by atoms with Crippen LogP contribution in [0, 0.1) is 11.8 Å². The molecular formula is C21H23ClN2O4. The van der Waals surface area contributed by atoms with E-state index in [1.54, 1.807) is 36.3 Å². The van der Waals surface area contributed by atoms with Crippen LogP contribution in [0.5, 0.6) is 5.75 Å². The summed E-state index contributed by atoms with van der Waals surface area (Å²) >= 11 is 6.01. The van der Waals surface area contributed by atoms with Gasteiger partial charge in [0.05, 0.1) is 6.10 Å². The predicted molar refractivity (Wildman–Crippen MR) is 106 cm³/mol. The molecule has 0 radical (unpaired) electrons. The summed E-state index contributed by atoms with van der Waals surface area (Å²) in [5.74, 6) is 1.02. The van der Waals surface area contributed by atoms with E-state index in [1.165, 1.54) is 10.6 Å². The van der Waals surface area contributed by atoms with Crippen molar-refractivity contribution in [1.82, 2.24) is 9.47 Å². The van der Waals surface area contributed by atoms with Gasteiger partial charge < -0.3 is 19.3 Å². The van der Waals surface area contributed by atoms with Gasteiger partial charge in [0.1, 0.15) is 11.9 Å². The molecule has 2 aliphatic rings. The highest BCUT2D eigenvalue weighted by molar-refractivity contribution is 6.30. The van der Waals surface area contributed by atoms with E-state index in [9.17, 15) is 14.7 Å². The van der Waals surface area contributed by atoms with Crippen molar-refractivity contribution in [2.75, 3.05) is 13.1 Å². The van der Waals surface area contributed by atoms with Gasteiger partial charge in [-0.2, -0.15) is 0 Å². The maximum atomic E-state index is 12.8. The first-order valence-corrected chi connectivity index (χ1v) is 9.85. The van der Waals surface area contributed by atoms with Crippen molar-refractivity contribution >= 4 is 17.5 Å². The predicted octanol–water partition coefficient (Wildman–Crippen LogP) is 2.33. The van der Waals surface area contributed by atoms with Gasteiger partial charge in [0.15, 0.2) is 0 Å². The summed E-state index contributed by atoms with van der Waals surface area (Å²) in [5.41, 5.74) is 0.210. The van der Waals surface area contributed by atoms with E-state index < -0.39 is 6.10 Å². The Morgan fingerprint density at radius 2 is 1.93 bits per heavy atom. The molecule has 1 aliphatic carbocycles. The van der Waals surface area contributed by atoms with E-state index in [0.717, 1.165) is 0 Å². The molecule has 4 atom stereocenters. The Morgan fingerprint density at radius 3 is 2.64 bits per heavy atom. The first-order valence-electron chi connectivity index (χ1n) is 9.47. The molecule has 2 fully saturated rings. The van der Waals surface area contributed by atoms with E-state index >= 15 is 0 Å². The molecular weight excluding hydrogens is 380 g/mol. The van der Waals surface area contributed by atoms with Crippen LogP contribution in [0.25, 0.3) is 0 Å². The Bertz CT molecular complexity index is 944. The van der Waals surface area contributed by atoms with Crippen LogP contribution in [0.15, 0.2) is 47.4 Å². The maximum Gasteiger partial charge on any atom is 0.254 e. The highest BCUT2D eigenvalue weighted by atomic mass is 35.5. The van der Waals surface area contributed by atoms with E-state index in [2.05, 4.69) is 0 Å². The normalized spacial score (nSPS) is 26.8. The zero-order valence-electron chi connectivity index (χ0n) is 15.6. The van der Waals surface area contributed by atoms with Crippen molar-refractivity contribution < 1.29 is 14.6 Å². The fourth-order valence-electron chi connectivity index (χ4n) is 4.26. The topological polar surface area (TPSA) is 71.8 Å². The van der Waals surface area contributed by atoms with Crippen LogP contribution in [0.2, 0.25) is 5.02 Å². The van der Waals surface area contributed by atoms with Crippen molar-refractivity contribution in [2.45, 2.75) is 25.0 Å². The van der Waals surface area contributed by atoms with Crippen LogP contribution in [0.4, 0.5) is 0 Å². The van der Waals surface area contributed by atoms with Crippen LogP contribution in [-0.2, 0) is 7.05 Å². The molecule has 1 N–H and O–H groups in total. The Hall–Kier alpha value is -2.31. The van der Waals surface area contributed by atoms with Crippen LogP contribution >= 0.6 is 11.6 Å². The zero-order chi connectivity index (χ0) is 19.8. The highest BCUT2D eigenvalue weighted by Crippen LogP contribution is 2.38. The summed E-state index contributed by atoms with van der Waals surface area (Å²) in [5, 5.41) is 11.1. The number of aryl methyl sites for hydroxylation is 1. The van der Waals surface area contributed by atoms with E-state index in [4.69, 9.17) is 16.3 Å². The van der Waals surface area contributed by atoms with Crippen molar-refractivity contribution in [3.05, 3.63) is 63.5 Å². The number of aromatic nitrogens is 1. The molecule has 0 spiro atoms. The summed E-state index contributed by atoms with van der Waals surface area (Å²) in [7, 11) is 1.66. The van der Waals surface area contributed by atoms with Crippen molar-refractivity contribution in [3.63, 3.8) is 0 Å². The molecule has 1 aliphatic heterocycles. The van der Waals surface area contributed by atoms with Crippen molar-refractivity contribution in [2.24, 2.45) is 18.9 Å². The van der Waals surface area contributed by atoms with Crippen LogP contribution in [0.1, 0.15) is 23.2 Å². The van der Waals surface area contributed by atoms with Crippen LogP contribution in [0.3, 0.4) is 0 Å². The number of ether oxygens (including phenoxy) is 1. The van der Waals surface area contributed by atoms with Gasteiger partial charge in [-0.1, -0.05) is 17.7 Å². The molecule has 1 amide bonds. The number of aliphatic hydroxyl groups is 1. The van der Waals surface area contributed by atoms with Crippen LogP contribution in [-0.4, -0.2) is 45.8 Å². The quantitative estimate of drug-likeness (QED) is 0.855. The Labute approximate surface area is 168 Å². The number of aliphatic hydroxyl groups excluding tert-OH is 1. The molecule has 6 nitrogen and oxygen atoms in total. The molecule has 148 valence electrons. The molecule has 4 rings (SSSR count). The third-order valence-electron chi connectivity index (χ3n) is 5.81. The summed E-state index contributed by atoms with van der Waals surface area (Å²) < 4.78 is 7.42. The smallest absolute Gasteiger partial charge is 0.254 e. The number of hydrogen-bond acceptors (Lipinski definition) is 4. The number of hydrogen-bond donors (Lipinski definition) is 1. The van der Waals surface area contributed by atoms with Gasteiger partial charge in [-0.25, -0.2) is 0 Å². The molecule has 7 heteroatoms. The summed E-state index contributed by atoms with van der Waals surface area (Å²) in [6, 6.07) is 10.2. The third kappa shape index (κ3) is 3.80. The summed E-state index contributed by atoms with van der Waals surface area (Å²) in [6.45, 7) is 1.21. The second kappa shape index (κ2) is 7.60. The Balaban J connectivity index is 1.44. The summed E-state index contributed by atoms with van der Waals surface area (Å²) in [4.78, 5) is 26.4. The van der Waals surface area contributed by atoms with Gasteiger partial charge in [0.25, 0.3) is 11.5 Å². The number of fused-ring (bicyclic) bond motifs is 1. The second-order valence-corrected chi connectivity index (χ2v) is 8.18. The lowest BCUT2D eigenvalue weighted by Gasteiger charge is -2.35. The average Bonchev–Trinajstić information content (AvgIpc) is 3.06. The molecule has 1 aromatic carbocycles. The maximum absolute atomic E-state index is 12.8. The summed E-state index contributed by atoms with van der Waals surface area (Å²) in [6.07, 6.45) is 1.98.